The highest BCUT2D eigenvalue weighted by Crippen LogP contribution is 2.68. The molecule has 2 aliphatic carbocycles. The van der Waals surface area contributed by atoms with Gasteiger partial charge in [0.25, 0.3) is 11.6 Å². The number of aromatic amines is 1. The van der Waals surface area contributed by atoms with Crippen LogP contribution in [0.15, 0.2) is 101 Å². The highest BCUT2D eigenvalue weighted by atomic mass is 32.2. The second kappa shape index (κ2) is 11.7. The van der Waals surface area contributed by atoms with Crippen LogP contribution in [0.2, 0.25) is 0 Å². The summed E-state index contributed by atoms with van der Waals surface area (Å²) in [6.45, 7) is -0.203. The number of imide groups is 1. The van der Waals surface area contributed by atoms with Crippen molar-refractivity contribution >= 4 is 68.7 Å². The molecule has 5 aromatic rings. The van der Waals surface area contributed by atoms with Crippen molar-refractivity contribution in [1.29, 1.82) is 0 Å². The van der Waals surface area contributed by atoms with Gasteiger partial charge in [-0.3, -0.25) is 34.2 Å². The van der Waals surface area contributed by atoms with Gasteiger partial charge < -0.3 is 15.0 Å². The molecule has 3 amide bonds. The summed E-state index contributed by atoms with van der Waals surface area (Å²) in [5, 5.41) is 16.9. The van der Waals surface area contributed by atoms with Crippen LogP contribution in [0.5, 0.6) is 5.75 Å². The maximum Gasteiger partial charge on any atom is 0.305 e. The number of H-pyrrole nitrogens is 1. The molecule has 2 aliphatic heterocycles. The Morgan fingerprint density at radius 2 is 1.68 bits per heavy atom. The number of nitro groups is 1. The molecule has 3 heterocycles. The van der Waals surface area contributed by atoms with Crippen molar-refractivity contribution in [3.8, 4) is 5.75 Å². The molecule has 1 aromatic heterocycles. The van der Waals surface area contributed by atoms with Crippen molar-refractivity contribution in [1.82, 2.24) is 4.98 Å². The summed E-state index contributed by atoms with van der Waals surface area (Å²) in [7, 11) is 0. The molecule has 2 N–H and O–H groups in total. The third-order valence-corrected chi connectivity index (χ3v) is 13.3. The molecule has 250 valence electrons. The average molecular weight is 705 g/mol. The standard InChI is InChI=1S/C37H28N4O7S2/c42-27(38-26-10-4-6-18-5-1-2-9-23(18)26)17-48-22-8-3-7-19(15-22)28-29-24-16-25(32(29)49-34-33(28)50-37(45)39-34)31-30(24)35(43)40(36(31)44)20-11-13-21(14-12-20)41(46)47/h1-15,24-25,28-32H,16-17H2,(H,38,42)(H,39,45)/t24?,25?,28-,29?,30?,31?,32?/m1/s1. The van der Waals surface area contributed by atoms with E-state index < -0.39 is 16.8 Å². The Hall–Kier alpha value is -5.27. The number of nitrogens with zero attached hydrogens (tertiary/aromatic N) is 2. The number of rotatable bonds is 7. The lowest BCUT2D eigenvalue weighted by Crippen LogP contribution is -2.42. The second-order valence-electron chi connectivity index (χ2n) is 13.2. The number of non-ortho nitro benzene ring substituents is 1. The van der Waals surface area contributed by atoms with E-state index in [-0.39, 0.29) is 63.8 Å². The molecule has 11 nitrogen and oxygen atoms in total. The van der Waals surface area contributed by atoms with Crippen molar-refractivity contribution < 1.29 is 24.0 Å². The third kappa shape index (κ3) is 4.78. The van der Waals surface area contributed by atoms with Crippen molar-refractivity contribution in [3.05, 3.63) is 121 Å². The number of fused-ring (bicyclic) bond motifs is 10. The number of nitro benzene ring substituents is 1. The topological polar surface area (TPSA) is 152 Å². The van der Waals surface area contributed by atoms with E-state index in [2.05, 4.69) is 10.3 Å². The number of benzene rings is 4. The van der Waals surface area contributed by atoms with Crippen molar-refractivity contribution in [2.45, 2.75) is 22.6 Å². The number of ether oxygens (including phenoxy) is 1. The summed E-state index contributed by atoms with van der Waals surface area (Å²) in [5.74, 6) is -1.75. The molecule has 6 unspecified atom stereocenters. The van der Waals surface area contributed by atoms with Gasteiger partial charge in [-0.2, -0.15) is 0 Å². The van der Waals surface area contributed by atoms with Crippen molar-refractivity contribution in [2.24, 2.45) is 29.6 Å². The highest BCUT2D eigenvalue weighted by Gasteiger charge is 2.69. The predicted octanol–water partition coefficient (Wildman–Crippen LogP) is 6.19. The fourth-order valence-electron chi connectivity index (χ4n) is 8.84. The van der Waals surface area contributed by atoms with Crippen LogP contribution in [0, 0.1) is 39.7 Å². The van der Waals surface area contributed by atoms with Gasteiger partial charge in [-0.05, 0) is 65.5 Å². The van der Waals surface area contributed by atoms with Crippen LogP contribution in [0.4, 0.5) is 17.1 Å². The van der Waals surface area contributed by atoms with Gasteiger partial charge in [0, 0.05) is 39.3 Å². The Balaban J connectivity index is 0.992. The van der Waals surface area contributed by atoms with Crippen LogP contribution >= 0.6 is 23.1 Å². The summed E-state index contributed by atoms with van der Waals surface area (Å²) in [6, 6.07) is 26.6. The molecular weight excluding hydrogens is 677 g/mol. The minimum absolute atomic E-state index is 0.00592. The zero-order valence-corrected chi connectivity index (χ0v) is 27.8. The van der Waals surface area contributed by atoms with Crippen LogP contribution in [-0.4, -0.2) is 39.5 Å². The predicted molar refractivity (Wildman–Crippen MR) is 189 cm³/mol. The number of thiazole rings is 1. The van der Waals surface area contributed by atoms with Gasteiger partial charge in [-0.15, -0.1) is 11.8 Å². The van der Waals surface area contributed by atoms with Gasteiger partial charge in [0.05, 0.1) is 27.5 Å². The SMILES string of the molecule is O=C(COc1cccc([C@H]2c3sc(=O)[nH]c3SC3C4CC(C5C(=O)N(c6ccc([N+](=O)[O-])cc6)C(=O)C45)C32)c1)Nc1cccc2ccccc12. The summed E-state index contributed by atoms with van der Waals surface area (Å²) >= 11 is 2.77. The molecule has 0 spiro atoms. The van der Waals surface area contributed by atoms with Crippen LogP contribution in [0.1, 0.15) is 22.8 Å². The fraction of sp³-hybridized carbons (Fsp3) is 0.243. The van der Waals surface area contributed by atoms with E-state index in [0.29, 0.717) is 17.1 Å². The number of amides is 3. The number of hydrogen-bond acceptors (Lipinski definition) is 9. The molecule has 7 atom stereocenters. The zero-order valence-electron chi connectivity index (χ0n) is 26.2. The first-order chi connectivity index (χ1) is 24.3. The summed E-state index contributed by atoms with van der Waals surface area (Å²) < 4.78 is 6.01. The molecule has 0 radical (unpaired) electrons. The molecule has 3 fully saturated rings. The number of carbonyl (C=O) groups is 3. The lowest BCUT2D eigenvalue weighted by Gasteiger charge is -2.43. The van der Waals surface area contributed by atoms with E-state index in [1.807, 2.05) is 60.7 Å². The van der Waals surface area contributed by atoms with Gasteiger partial charge in [0.15, 0.2) is 6.61 Å². The summed E-state index contributed by atoms with van der Waals surface area (Å²) in [5.41, 5.74) is 1.84. The Kier molecular flexibility index (Phi) is 7.18. The van der Waals surface area contributed by atoms with E-state index in [4.69, 9.17) is 4.74 Å². The van der Waals surface area contributed by atoms with Gasteiger partial charge in [0.2, 0.25) is 11.8 Å². The average Bonchev–Trinajstić information content (AvgIpc) is 3.86. The van der Waals surface area contributed by atoms with Crippen molar-refractivity contribution in [3.63, 3.8) is 0 Å². The monoisotopic (exact) mass is 704 g/mol. The van der Waals surface area contributed by atoms with E-state index in [1.54, 1.807) is 17.8 Å². The quantitative estimate of drug-likeness (QED) is 0.116. The van der Waals surface area contributed by atoms with Crippen LogP contribution in [0.25, 0.3) is 10.8 Å². The molecular formula is C37H28N4O7S2. The van der Waals surface area contributed by atoms with Crippen LogP contribution < -0.4 is 19.8 Å². The number of hydrogen-bond donors (Lipinski definition) is 2. The number of thioether (sulfide) groups is 1. The number of anilines is 2. The highest BCUT2D eigenvalue weighted by molar-refractivity contribution is 8.00. The first kappa shape index (κ1) is 30.8. The molecule has 13 heteroatoms. The number of nitrogens with one attached hydrogen (secondary N) is 2. The number of carbonyl (C=O) groups excluding carboxylic acids is 3. The smallest absolute Gasteiger partial charge is 0.305 e. The van der Waals surface area contributed by atoms with Gasteiger partial charge >= 0.3 is 4.87 Å². The van der Waals surface area contributed by atoms with E-state index in [9.17, 15) is 29.3 Å². The molecule has 50 heavy (non-hydrogen) atoms. The molecule has 2 bridgehead atoms. The maximum atomic E-state index is 14.0. The lowest BCUT2D eigenvalue weighted by molar-refractivity contribution is -0.384. The van der Waals surface area contributed by atoms with Crippen molar-refractivity contribution in [2.75, 3.05) is 16.8 Å². The zero-order chi connectivity index (χ0) is 34.3. The summed E-state index contributed by atoms with van der Waals surface area (Å²) in [4.78, 5) is 69.3. The molecule has 4 aromatic carbocycles. The minimum atomic E-state index is -0.515. The molecule has 9 rings (SSSR count). The Morgan fingerprint density at radius 1 is 0.940 bits per heavy atom. The largest absolute Gasteiger partial charge is 0.484 e. The minimum Gasteiger partial charge on any atom is -0.484 e. The lowest BCUT2D eigenvalue weighted by atomic mass is 9.68. The first-order valence-electron chi connectivity index (χ1n) is 16.3. The van der Waals surface area contributed by atoms with Gasteiger partial charge in [-0.25, -0.2) is 0 Å². The van der Waals surface area contributed by atoms with Gasteiger partial charge in [0.1, 0.15) is 5.75 Å². The van der Waals surface area contributed by atoms with Crippen LogP contribution in [0.3, 0.4) is 0 Å². The summed E-state index contributed by atoms with van der Waals surface area (Å²) in [6.07, 6.45) is 0.726. The normalized spacial score (nSPS) is 26.1. The fourth-order valence-corrected chi connectivity index (χ4v) is 11.7. The van der Waals surface area contributed by atoms with E-state index >= 15 is 0 Å². The molecule has 1 saturated heterocycles. The van der Waals surface area contributed by atoms with E-state index in [0.717, 1.165) is 32.7 Å². The Morgan fingerprint density at radius 3 is 2.48 bits per heavy atom. The number of aromatic nitrogens is 1. The second-order valence-corrected chi connectivity index (χ2v) is 15.4. The molecule has 2 saturated carbocycles. The Labute approximate surface area is 292 Å². The Bertz CT molecular complexity index is 2300. The maximum absolute atomic E-state index is 14.0. The van der Waals surface area contributed by atoms with Crippen LogP contribution in [-0.2, 0) is 14.4 Å². The van der Waals surface area contributed by atoms with Gasteiger partial charge in [-0.1, -0.05) is 59.9 Å². The first-order valence-corrected chi connectivity index (χ1v) is 18.0. The third-order valence-electron chi connectivity index (χ3n) is 10.7. The molecule has 4 aliphatic rings. The van der Waals surface area contributed by atoms with E-state index in [1.165, 1.54) is 40.5 Å².